The van der Waals surface area contributed by atoms with E-state index in [1.54, 1.807) is 12.1 Å². The lowest BCUT2D eigenvalue weighted by atomic mass is 9.82. The molecule has 0 spiro atoms. The predicted molar refractivity (Wildman–Crippen MR) is 71.6 cm³/mol. The zero-order valence-corrected chi connectivity index (χ0v) is 11.2. The van der Waals surface area contributed by atoms with Crippen molar-refractivity contribution in [2.45, 2.75) is 38.1 Å². The van der Waals surface area contributed by atoms with E-state index in [1.165, 1.54) is 13.2 Å². The number of nitrogens with two attached hydrogens (primary N) is 1. The van der Waals surface area contributed by atoms with Crippen LogP contribution in [0.25, 0.3) is 0 Å². The number of Topliss-reactive ketones (excluding diaryl/α,β-unsaturated/α-hetero) is 1. The van der Waals surface area contributed by atoms with Crippen molar-refractivity contribution in [2.24, 2.45) is 11.7 Å². The highest BCUT2D eigenvalue weighted by molar-refractivity contribution is 5.83. The molecule has 3 nitrogen and oxygen atoms in total. The molecule has 1 aromatic rings. The van der Waals surface area contributed by atoms with Crippen LogP contribution in [0, 0.1) is 11.7 Å². The smallest absolute Gasteiger partial charge is 0.165 e. The van der Waals surface area contributed by atoms with Crippen LogP contribution in [0.1, 0.15) is 31.2 Å². The lowest BCUT2D eigenvalue weighted by molar-refractivity contribution is -0.123. The van der Waals surface area contributed by atoms with E-state index in [1.807, 2.05) is 0 Å². The first-order valence-electron chi connectivity index (χ1n) is 6.71. The van der Waals surface area contributed by atoms with Gasteiger partial charge in [0.2, 0.25) is 0 Å². The number of halogens is 1. The van der Waals surface area contributed by atoms with Gasteiger partial charge in [0.05, 0.1) is 7.11 Å². The maximum atomic E-state index is 13.5. The third-order valence-electron chi connectivity index (χ3n) is 3.82. The quantitative estimate of drug-likeness (QED) is 0.909. The van der Waals surface area contributed by atoms with E-state index in [-0.39, 0.29) is 23.5 Å². The molecule has 0 saturated heterocycles. The Bertz CT molecular complexity index is 453. The van der Waals surface area contributed by atoms with Crippen molar-refractivity contribution in [3.05, 3.63) is 29.6 Å². The Hall–Kier alpha value is -1.42. The molecule has 0 atom stereocenters. The molecule has 1 aliphatic rings. The second kappa shape index (κ2) is 6.15. The largest absolute Gasteiger partial charge is 0.494 e. The van der Waals surface area contributed by atoms with Crippen molar-refractivity contribution < 1.29 is 13.9 Å². The van der Waals surface area contributed by atoms with Crippen molar-refractivity contribution in [3.8, 4) is 5.75 Å². The molecule has 0 amide bonds. The van der Waals surface area contributed by atoms with Crippen LogP contribution in [0.4, 0.5) is 4.39 Å². The van der Waals surface area contributed by atoms with Gasteiger partial charge in [0.15, 0.2) is 11.6 Å². The number of hydrogen-bond donors (Lipinski definition) is 1. The third kappa shape index (κ3) is 3.53. The second-order valence-corrected chi connectivity index (χ2v) is 5.22. The summed E-state index contributed by atoms with van der Waals surface area (Å²) in [6.45, 7) is 0. The van der Waals surface area contributed by atoms with Gasteiger partial charge in [-0.2, -0.15) is 0 Å². The van der Waals surface area contributed by atoms with E-state index in [2.05, 4.69) is 0 Å². The Morgan fingerprint density at radius 1 is 1.37 bits per heavy atom. The first-order chi connectivity index (χ1) is 9.10. The molecule has 2 N–H and O–H groups in total. The summed E-state index contributed by atoms with van der Waals surface area (Å²) in [4.78, 5) is 12.1. The predicted octanol–water partition coefficient (Wildman–Crippen LogP) is 2.46. The first kappa shape index (κ1) is 14.0. The molecule has 0 aliphatic heterocycles. The third-order valence-corrected chi connectivity index (χ3v) is 3.82. The van der Waals surface area contributed by atoms with E-state index >= 15 is 0 Å². The van der Waals surface area contributed by atoms with E-state index in [4.69, 9.17) is 10.5 Å². The molecule has 1 aromatic carbocycles. The van der Waals surface area contributed by atoms with Crippen LogP contribution < -0.4 is 10.5 Å². The lowest BCUT2D eigenvalue weighted by Crippen LogP contribution is -2.30. The Balaban J connectivity index is 1.97. The summed E-state index contributed by atoms with van der Waals surface area (Å²) >= 11 is 0. The minimum Gasteiger partial charge on any atom is -0.494 e. The molecule has 0 radical (unpaired) electrons. The van der Waals surface area contributed by atoms with Gasteiger partial charge in [-0.1, -0.05) is 6.07 Å². The number of carbonyl (C=O) groups excluding carboxylic acids is 1. The van der Waals surface area contributed by atoms with Crippen molar-refractivity contribution in [3.63, 3.8) is 0 Å². The highest BCUT2D eigenvalue weighted by Crippen LogP contribution is 2.26. The molecule has 0 unspecified atom stereocenters. The molecule has 2 rings (SSSR count). The average Bonchev–Trinajstić information content (AvgIpc) is 2.39. The monoisotopic (exact) mass is 265 g/mol. The van der Waals surface area contributed by atoms with E-state index in [0.29, 0.717) is 12.0 Å². The van der Waals surface area contributed by atoms with Crippen LogP contribution in [-0.2, 0) is 11.2 Å². The fourth-order valence-electron chi connectivity index (χ4n) is 2.61. The maximum Gasteiger partial charge on any atom is 0.165 e. The van der Waals surface area contributed by atoms with Crippen molar-refractivity contribution in [1.29, 1.82) is 0 Å². The summed E-state index contributed by atoms with van der Waals surface area (Å²) in [6.07, 6.45) is 3.83. The molecule has 1 aliphatic carbocycles. The molecule has 4 heteroatoms. The molecule has 0 heterocycles. The van der Waals surface area contributed by atoms with Crippen LogP contribution in [0.3, 0.4) is 0 Å². The zero-order chi connectivity index (χ0) is 13.8. The van der Waals surface area contributed by atoms with Gasteiger partial charge < -0.3 is 10.5 Å². The molecule has 0 aromatic heterocycles. The topological polar surface area (TPSA) is 52.3 Å². The number of ether oxygens (including phenoxy) is 1. The van der Waals surface area contributed by atoms with Gasteiger partial charge in [0.1, 0.15) is 5.78 Å². The minimum absolute atomic E-state index is 0.0879. The molecular formula is C15H20FNO2. The van der Waals surface area contributed by atoms with E-state index in [9.17, 15) is 9.18 Å². The summed E-state index contributed by atoms with van der Waals surface area (Å²) in [7, 11) is 1.43. The normalized spacial score (nSPS) is 23.1. The lowest BCUT2D eigenvalue weighted by Gasteiger charge is -2.25. The Morgan fingerprint density at radius 2 is 2.05 bits per heavy atom. The highest BCUT2D eigenvalue weighted by Gasteiger charge is 2.24. The maximum absolute atomic E-state index is 13.5. The number of ketones is 1. The molecule has 1 saturated carbocycles. The summed E-state index contributed by atoms with van der Waals surface area (Å²) in [5.74, 6) is 0.0692. The summed E-state index contributed by atoms with van der Waals surface area (Å²) in [5.41, 5.74) is 6.53. The van der Waals surface area contributed by atoms with E-state index < -0.39 is 5.82 Å². The minimum atomic E-state index is -0.418. The van der Waals surface area contributed by atoms with Gasteiger partial charge in [0, 0.05) is 18.4 Å². The van der Waals surface area contributed by atoms with Crippen molar-refractivity contribution in [2.75, 3.05) is 7.11 Å². The van der Waals surface area contributed by atoms with Gasteiger partial charge in [0.25, 0.3) is 0 Å². The molecule has 104 valence electrons. The SMILES string of the molecule is COc1ccc(CC(=O)C2CCC(N)CC2)cc1F. The van der Waals surface area contributed by atoms with Crippen molar-refractivity contribution >= 4 is 5.78 Å². The van der Waals surface area contributed by atoms with Crippen LogP contribution in [-0.4, -0.2) is 18.9 Å². The van der Waals surface area contributed by atoms with Gasteiger partial charge in [-0.15, -0.1) is 0 Å². The fourth-order valence-corrected chi connectivity index (χ4v) is 2.61. The van der Waals surface area contributed by atoms with Crippen LogP contribution in [0.2, 0.25) is 0 Å². The van der Waals surface area contributed by atoms with Gasteiger partial charge in [-0.25, -0.2) is 4.39 Å². The Morgan fingerprint density at radius 3 is 2.63 bits per heavy atom. The van der Waals surface area contributed by atoms with E-state index in [0.717, 1.165) is 25.7 Å². The van der Waals surface area contributed by atoms with Crippen LogP contribution in [0.5, 0.6) is 5.75 Å². The first-order valence-corrected chi connectivity index (χ1v) is 6.71. The van der Waals surface area contributed by atoms with Crippen molar-refractivity contribution in [1.82, 2.24) is 0 Å². The van der Waals surface area contributed by atoms with Crippen LogP contribution >= 0.6 is 0 Å². The zero-order valence-electron chi connectivity index (χ0n) is 11.2. The molecule has 19 heavy (non-hydrogen) atoms. The van der Waals surface area contributed by atoms with Gasteiger partial charge in [-0.05, 0) is 43.4 Å². The standard InChI is InChI=1S/C15H20FNO2/c1-19-15-7-2-10(8-13(15)16)9-14(18)11-3-5-12(17)6-4-11/h2,7-8,11-12H,3-6,9,17H2,1H3. The highest BCUT2D eigenvalue weighted by atomic mass is 19.1. The Kier molecular flexibility index (Phi) is 4.53. The number of rotatable bonds is 4. The number of carbonyl (C=O) groups is 1. The summed E-state index contributed by atoms with van der Waals surface area (Å²) in [5, 5.41) is 0. The number of methoxy groups -OCH3 is 1. The van der Waals surface area contributed by atoms with Gasteiger partial charge in [-0.3, -0.25) is 4.79 Å². The number of benzene rings is 1. The van der Waals surface area contributed by atoms with Gasteiger partial charge >= 0.3 is 0 Å². The summed E-state index contributed by atoms with van der Waals surface area (Å²) < 4.78 is 18.4. The second-order valence-electron chi connectivity index (χ2n) is 5.22. The number of hydrogen-bond acceptors (Lipinski definition) is 3. The molecule has 0 bridgehead atoms. The van der Waals surface area contributed by atoms with Crippen LogP contribution in [0.15, 0.2) is 18.2 Å². The Labute approximate surface area is 112 Å². The fraction of sp³-hybridized carbons (Fsp3) is 0.533. The summed E-state index contributed by atoms with van der Waals surface area (Å²) in [6, 6.07) is 4.93. The molecular weight excluding hydrogens is 245 g/mol. The molecule has 1 fully saturated rings. The average molecular weight is 265 g/mol.